The minimum Gasteiger partial charge on any atom is -0.457 e. The molecule has 2 nitrogen and oxygen atoms in total. The third kappa shape index (κ3) is 3.70. The lowest BCUT2D eigenvalue weighted by Gasteiger charge is -2.09. The van der Waals surface area contributed by atoms with Crippen LogP contribution in [0.25, 0.3) is 0 Å². The molecule has 0 radical (unpaired) electrons. The van der Waals surface area contributed by atoms with E-state index in [1.54, 1.807) is 0 Å². The second-order valence-corrected chi connectivity index (χ2v) is 5.94. The Morgan fingerprint density at radius 2 is 1.94 bits per heavy atom. The van der Waals surface area contributed by atoms with E-state index in [0.717, 1.165) is 26.1 Å². The maximum atomic E-state index is 5.82. The Hall–Kier alpha value is -0.590. The van der Waals surface area contributed by atoms with Crippen LogP contribution in [0.1, 0.15) is 5.56 Å². The summed E-state index contributed by atoms with van der Waals surface area (Å²) < 4.78 is 8.04. The first-order chi connectivity index (χ1) is 8.69. The van der Waals surface area contributed by atoms with Gasteiger partial charge in [-0.3, -0.25) is 0 Å². The lowest BCUT2D eigenvalue weighted by Crippen LogP contribution is -2.05. The van der Waals surface area contributed by atoms with E-state index in [1.165, 1.54) is 5.56 Å². The number of halogens is 2. The van der Waals surface area contributed by atoms with Gasteiger partial charge in [-0.05, 0) is 65.5 Å². The molecule has 0 spiro atoms. The smallest absolute Gasteiger partial charge is 0.128 e. The van der Waals surface area contributed by atoms with E-state index in [-0.39, 0.29) is 0 Å². The van der Waals surface area contributed by atoms with Crippen molar-refractivity contribution in [1.82, 2.24) is 5.32 Å². The van der Waals surface area contributed by atoms with E-state index in [0.29, 0.717) is 0 Å². The third-order valence-electron chi connectivity index (χ3n) is 2.42. The molecular formula is C14H13BrINO. The molecule has 0 atom stereocenters. The summed E-state index contributed by atoms with van der Waals surface area (Å²) in [7, 11) is 1.93. The topological polar surface area (TPSA) is 21.3 Å². The van der Waals surface area contributed by atoms with Crippen molar-refractivity contribution in [2.24, 2.45) is 0 Å². The Morgan fingerprint density at radius 3 is 2.61 bits per heavy atom. The highest BCUT2D eigenvalue weighted by molar-refractivity contribution is 14.1. The molecule has 0 aliphatic carbocycles. The molecule has 2 aromatic carbocycles. The zero-order valence-corrected chi connectivity index (χ0v) is 13.7. The van der Waals surface area contributed by atoms with Gasteiger partial charge in [0.25, 0.3) is 0 Å². The van der Waals surface area contributed by atoms with Gasteiger partial charge in [0, 0.05) is 14.6 Å². The summed E-state index contributed by atoms with van der Waals surface area (Å²) in [4.78, 5) is 0. The molecule has 4 heteroatoms. The first-order valence-electron chi connectivity index (χ1n) is 5.55. The largest absolute Gasteiger partial charge is 0.457 e. The van der Waals surface area contributed by atoms with Crippen molar-refractivity contribution in [3.8, 4) is 11.5 Å². The maximum Gasteiger partial charge on any atom is 0.128 e. The van der Waals surface area contributed by atoms with Gasteiger partial charge >= 0.3 is 0 Å². The van der Waals surface area contributed by atoms with Crippen molar-refractivity contribution in [2.45, 2.75) is 6.54 Å². The molecule has 0 saturated heterocycles. The Bertz CT molecular complexity index is 545. The Kier molecular flexibility index (Phi) is 5.03. The summed E-state index contributed by atoms with van der Waals surface area (Å²) >= 11 is 5.83. The third-order valence-corrected chi connectivity index (χ3v) is 3.83. The normalized spacial score (nSPS) is 10.4. The average Bonchev–Trinajstić information content (AvgIpc) is 2.33. The van der Waals surface area contributed by atoms with Crippen LogP contribution in [0.3, 0.4) is 0 Å². The summed E-state index contributed by atoms with van der Waals surface area (Å²) in [6.07, 6.45) is 0. The van der Waals surface area contributed by atoms with Crippen LogP contribution in [-0.2, 0) is 6.54 Å². The first kappa shape index (κ1) is 13.8. The first-order valence-corrected chi connectivity index (χ1v) is 7.42. The molecule has 0 heterocycles. The summed E-state index contributed by atoms with van der Waals surface area (Å²) in [6, 6.07) is 14.0. The second-order valence-electron chi connectivity index (χ2n) is 3.84. The summed E-state index contributed by atoms with van der Waals surface area (Å²) in [6.45, 7) is 0.837. The predicted octanol–water partition coefficient (Wildman–Crippen LogP) is 4.57. The number of ether oxygens (including phenoxy) is 1. The zero-order valence-electron chi connectivity index (χ0n) is 9.91. The van der Waals surface area contributed by atoms with Crippen molar-refractivity contribution in [3.05, 3.63) is 56.1 Å². The minimum atomic E-state index is 0.837. The van der Waals surface area contributed by atoms with Crippen LogP contribution >= 0.6 is 38.5 Å². The molecule has 0 saturated carbocycles. The fraction of sp³-hybridized carbons (Fsp3) is 0.143. The van der Waals surface area contributed by atoms with Gasteiger partial charge in [0.05, 0.1) is 0 Å². The lowest BCUT2D eigenvalue weighted by atomic mass is 10.2. The fourth-order valence-corrected chi connectivity index (χ4v) is 2.60. The summed E-state index contributed by atoms with van der Waals surface area (Å²) in [5.74, 6) is 1.69. The minimum absolute atomic E-state index is 0.837. The van der Waals surface area contributed by atoms with E-state index in [2.05, 4.69) is 49.9 Å². The standard InChI is InChI=1S/C14H13BrINO/c1-17-9-10-5-6-13(8-14(10)15)18-12-4-2-3-11(16)7-12/h2-8,17H,9H2,1H3. The van der Waals surface area contributed by atoms with E-state index in [9.17, 15) is 0 Å². The number of nitrogens with one attached hydrogen (secondary N) is 1. The van der Waals surface area contributed by atoms with Crippen LogP contribution in [0.5, 0.6) is 11.5 Å². The van der Waals surface area contributed by atoms with Gasteiger partial charge < -0.3 is 10.1 Å². The monoisotopic (exact) mass is 417 g/mol. The van der Waals surface area contributed by atoms with Gasteiger partial charge in [-0.1, -0.05) is 28.1 Å². The summed E-state index contributed by atoms with van der Waals surface area (Å²) in [5, 5.41) is 3.13. The number of rotatable bonds is 4. The molecule has 0 amide bonds. The predicted molar refractivity (Wildman–Crippen MR) is 86.1 cm³/mol. The molecule has 2 rings (SSSR count). The van der Waals surface area contributed by atoms with E-state index in [1.807, 2.05) is 43.4 Å². The quantitative estimate of drug-likeness (QED) is 0.736. The fourth-order valence-electron chi connectivity index (χ4n) is 1.59. The van der Waals surface area contributed by atoms with E-state index in [4.69, 9.17) is 4.74 Å². The Balaban J connectivity index is 2.17. The molecule has 94 valence electrons. The molecule has 0 aliphatic rings. The molecule has 18 heavy (non-hydrogen) atoms. The average molecular weight is 418 g/mol. The highest BCUT2D eigenvalue weighted by Gasteiger charge is 2.03. The van der Waals surface area contributed by atoms with Crippen LogP contribution in [0.15, 0.2) is 46.9 Å². The van der Waals surface area contributed by atoms with Crippen molar-refractivity contribution in [3.63, 3.8) is 0 Å². The van der Waals surface area contributed by atoms with E-state index < -0.39 is 0 Å². The molecule has 1 N–H and O–H groups in total. The summed E-state index contributed by atoms with van der Waals surface area (Å²) in [5.41, 5.74) is 1.22. The molecule has 0 bridgehead atoms. The number of benzene rings is 2. The van der Waals surface area contributed by atoms with Crippen LogP contribution in [-0.4, -0.2) is 7.05 Å². The van der Waals surface area contributed by atoms with Crippen LogP contribution in [0, 0.1) is 3.57 Å². The highest BCUT2D eigenvalue weighted by atomic mass is 127. The molecule has 2 aromatic rings. The molecule has 0 fully saturated rings. The molecule has 0 aromatic heterocycles. The zero-order chi connectivity index (χ0) is 13.0. The Morgan fingerprint density at radius 1 is 1.17 bits per heavy atom. The number of hydrogen-bond acceptors (Lipinski definition) is 2. The second kappa shape index (κ2) is 6.54. The maximum absolute atomic E-state index is 5.82. The van der Waals surface area contributed by atoms with Gasteiger partial charge in [-0.25, -0.2) is 0 Å². The van der Waals surface area contributed by atoms with Crippen molar-refractivity contribution >= 4 is 38.5 Å². The van der Waals surface area contributed by atoms with Gasteiger partial charge in [0.15, 0.2) is 0 Å². The van der Waals surface area contributed by atoms with Crippen LogP contribution in [0.2, 0.25) is 0 Å². The van der Waals surface area contributed by atoms with Crippen LogP contribution < -0.4 is 10.1 Å². The molecule has 0 unspecified atom stereocenters. The Labute approximate surface area is 129 Å². The van der Waals surface area contributed by atoms with Crippen molar-refractivity contribution in [2.75, 3.05) is 7.05 Å². The van der Waals surface area contributed by atoms with Gasteiger partial charge in [0.2, 0.25) is 0 Å². The lowest BCUT2D eigenvalue weighted by molar-refractivity contribution is 0.481. The van der Waals surface area contributed by atoms with Gasteiger partial charge in [0.1, 0.15) is 11.5 Å². The highest BCUT2D eigenvalue weighted by Crippen LogP contribution is 2.27. The van der Waals surface area contributed by atoms with Gasteiger partial charge in [-0.15, -0.1) is 0 Å². The van der Waals surface area contributed by atoms with Crippen molar-refractivity contribution < 1.29 is 4.74 Å². The van der Waals surface area contributed by atoms with Gasteiger partial charge in [-0.2, -0.15) is 0 Å². The van der Waals surface area contributed by atoms with Crippen molar-refractivity contribution in [1.29, 1.82) is 0 Å². The molecular weight excluding hydrogens is 405 g/mol. The van der Waals surface area contributed by atoms with E-state index >= 15 is 0 Å². The van der Waals surface area contributed by atoms with Crippen LogP contribution in [0.4, 0.5) is 0 Å². The number of hydrogen-bond donors (Lipinski definition) is 1. The SMILES string of the molecule is CNCc1ccc(Oc2cccc(I)c2)cc1Br. The molecule has 0 aliphatic heterocycles.